The summed E-state index contributed by atoms with van der Waals surface area (Å²) in [6.45, 7) is 4.28. The minimum absolute atomic E-state index is 0. The number of halogens is 2. The summed E-state index contributed by atoms with van der Waals surface area (Å²) in [4.78, 5) is 37.0. The summed E-state index contributed by atoms with van der Waals surface area (Å²) in [7, 11) is 0. The predicted octanol–water partition coefficient (Wildman–Crippen LogP) is 0.589. The highest BCUT2D eigenvalue weighted by Gasteiger charge is 2.49. The number of nitrogens with zero attached hydrogens (tertiary/aromatic N) is 3. The first-order valence-corrected chi connectivity index (χ1v) is 9.58. The number of imidazole rings is 1. The van der Waals surface area contributed by atoms with Crippen LogP contribution < -0.4 is 5.32 Å². The van der Waals surface area contributed by atoms with Crippen LogP contribution in [-0.2, 0) is 21.5 Å². The third-order valence-corrected chi connectivity index (χ3v) is 6.17. The lowest BCUT2D eigenvalue weighted by Gasteiger charge is -2.50. The van der Waals surface area contributed by atoms with Crippen molar-refractivity contribution in [1.82, 2.24) is 25.1 Å². The number of likely N-dealkylation sites (tertiary alicyclic amines) is 1. The largest absolute Gasteiger partial charge is 0.392 e. The molecule has 2 amide bonds. The third-order valence-electron chi connectivity index (χ3n) is 6.17. The van der Waals surface area contributed by atoms with E-state index in [1.807, 2.05) is 16.7 Å². The number of β-amino-alcohol motifs (C(OH)–C–C–N with tert-alkyl or cyclic N) is 1. The van der Waals surface area contributed by atoms with Gasteiger partial charge in [0.15, 0.2) is 0 Å². The molecule has 0 saturated carbocycles. The Morgan fingerprint density at radius 3 is 2.61 bits per heavy atom. The first kappa shape index (κ1) is 22.9. The van der Waals surface area contributed by atoms with Gasteiger partial charge in [-0.05, 0) is 19.3 Å². The van der Waals surface area contributed by atoms with Crippen LogP contribution in [0.15, 0.2) is 6.33 Å². The van der Waals surface area contributed by atoms with E-state index in [1.165, 1.54) is 0 Å². The number of aromatic nitrogens is 2. The molecule has 4 heterocycles. The van der Waals surface area contributed by atoms with Crippen molar-refractivity contribution in [2.45, 2.75) is 56.7 Å². The van der Waals surface area contributed by atoms with E-state index in [4.69, 9.17) is 0 Å². The number of H-pyrrole nitrogens is 1. The van der Waals surface area contributed by atoms with Gasteiger partial charge in [0.05, 0.1) is 29.7 Å². The molecule has 3 aliphatic heterocycles. The number of hydrogen-bond donors (Lipinski definition) is 3. The van der Waals surface area contributed by atoms with Gasteiger partial charge in [0.1, 0.15) is 0 Å². The lowest BCUT2D eigenvalue weighted by Crippen LogP contribution is -2.59. The number of aliphatic hydroxyl groups is 1. The van der Waals surface area contributed by atoms with E-state index in [1.54, 1.807) is 6.33 Å². The predicted molar refractivity (Wildman–Crippen MR) is 109 cm³/mol. The molecule has 0 aromatic carbocycles. The molecule has 0 aliphatic carbocycles. The van der Waals surface area contributed by atoms with Crippen molar-refractivity contribution in [1.29, 1.82) is 0 Å². The molecule has 1 spiro atoms. The summed E-state index contributed by atoms with van der Waals surface area (Å²) in [6.07, 6.45) is 4.44. The Balaban J connectivity index is 0.00000140. The fraction of sp³-hybridized carbons (Fsp3) is 0.722. The van der Waals surface area contributed by atoms with Crippen LogP contribution in [0.2, 0.25) is 0 Å². The Labute approximate surface area is 177 Å². The monoisotopic (exact) mass is 433 g/mol. The van der Waals surface area contributed by atoms with Crippen LogP contribution in [0, 0.1) is 0 Å². The first-order valence-electron chi connectivity index (χ1n) is 9.58. The van der Waals surface area contributed by atoms with Gasteiger partial charge < -0.3 is 25.2 Å². The molecule has 3 aliphatic rings. The van der Waals surface area contributed by atoms with E-state index in [9.17, 15) is 14.7 Å². The molecule has 10 heteroatoms. The number of piperidine rings is 1. The Hall–Kier alpha value is -1.35. The molecule has 2 saturated heterocycles. The summed E-state index contributed by atoms with van der Waals surface area (Å²) in [5, 5.41) is 12.8. The highest BCUT2D eigenvalue weighted by Crippen LogP contribution is 2.42. The first-order chi connectivity index (χ1) is 12.5. The van der Waals surface area contributed by atoms with Gasteiger partial charge >= 0.3 is 0 Å². The van der Waals surface area contributed by atoms with E-state index in [0.717, 1.165) is 17.8 Å². The fourth-order valence-corrected chi connectivity index (χ4v) is 4.76. The molecule has 158 valence electrons. The zero-order chi connectivity index (χ0) is 18.3. The minimum atomic E-state index is -0.442. The number of amides is 2. The Kier molecular flexibility index (Phi) is 7.36. The van der Waals surface area contributed by atoms with Gasteiger partial charge in [-0.25, -0.2) is 4.98 Å². The number of rotatable bonds is 2. The quantitative estimate of drug-likeness (QED) is 0.633. The van der Waals surface area contributed by atoms with Gasteiger partial charge in [0.25, 0.3) is 0 Å². The fourth-order valence-electron chi connectivity index (χ4n) is 4.76. The molecule has 1 aromatic rings. The number of hydrogen-bond acceptors (Lipinski definition) is 5. The van der Waals surface area contributed by atoms with Crippen molar-refractivity contribution in [2.75, 3.05) is 26.2 Å². The lowest BCUT2D eigenvalue weighted by atomic mass is 9.78. The van der Waals surface area contributed by atoms with Crippen LogP contribution in [0.1, 0.15) is 44.0 Å². The third kappa shape index (κ3) is 3.75. The number of aromatic amines is 1. The molecular formula is C18H29Cl2N5O3. The SMILES string of the molecule is CCC(=O)N1CCc2[nH]cnc2C12CCN(C(=O)[C@@H]1C[C@@H](O)CN1)CC2.Cl.Cl. The number of fused-ring (bicyclic) bond motifs is 2. The standard InChI is InChI=1S/C18H27N5O3.2ClH/c1-2-15(25)23-6-3-13-16(21-11-20-13)18(23)4-7-22(8-5-18)17(26)14-9-12(24)10-19-14;;/h11-12,14,19,24H,2-10H2,1H3,(H,20,21);2*1H/t12-,14+;;/m1../s1. The zero-order valence-electron chi connectivity index (χ0n) is 16.0. The second kappa shape index (κ2) is 8.98. The van der Waals surface area contributed by atoms with Gasteiger partial charge in [0, 0.05) is 44.7 Å². The second-order valence-electron chi connectivity index (χ2n) is 7.59. The number of carbonyl (C=O) groups excluding carboxylic acids is 2. The van der Waals surface area contributed by atoms with Gasteiger partial charge in [-0.1, -0.05) is 6.92 Å². The Morgan fingerprint density at radius 2 is 2.00 bits per heavy atom. The van der Waals surface area contributed by atoms with Crippen molar-refractivity contribution in [2.24, 2.45) is 0 Å². The molecular weight excluding hydrogens is 405 g/mol. The van der Waals surface area contributed by atoms with Crippen molar-refractivity contribution < 1.29 is 14.7 Å². The Bertz CT molecular complexity index is 705. The number of carbonyl (C=O) groups is 2. The van der Waals surface area contributed by atoms with Crippen LogP contribution in [0.4, 0.5) is 0 Å². The summed E-state index contributed by atoms with van der Waals surface area (Å²) in [5.41, 5.74) is 1.69. The summed E-state index contributed by atoms with van der Waals surface area (Å²) in [5.74, 6) is 0.210. The molecule has 2 atom stereocenters. The molecule has 0 unspecified atom stereocenters. The van der Waals surface area contributed by atoms with Crippen LogP contribution in [0.5, 0.6) is 0 Å². The average Bonchev–Trinajstić information content (AvgIpc) is 3.31. The van der Waals surface area contributed by atoms with Crippen LogP contribution >= 0.6 is 24.8 Å². The maximum atomic E-state index is 12.7. The highest BCUT2D eigenvalue weighted by atomic mass is 35.5. The second-order valence-corrected chi connectivity index (χ2v) is 7.59. The maximum absolute atomic E-state index is 12.7. The van der Waals surface area contributed by atoms with Crippen molar-refractivity contribution in [3.63, 3.8) is 0 Å². The molecule has 3 N–H and O–H groups in total. The minimum Gasteiger partial charge on any atom is -0.392 e. The summed E-state index contributed by atoms with van der Waals surface area (Å²) in [6, 6.07) is -0.292. The van der Waals surface area contributed by atoms with Crippen molar-refractivity contribution in [3.05, 3.63) is 17.7 Å². The average molecular weight is 434 g/mol. The molecule has 1 aromatic heterocycles. The maximum Gasteiger partial charge on any atom is 0.239 e. The van der Waals surface area contributed by atoms with E-state index >= 15 is 0 Å². The molecule has 2 fully saturated rings. The van der Waals surface area contributed by atoms with E-state index < -0.39 is 11.6 Å². The van der Waals surface area contributed by atoms with Crippen LogP contribution in [0.3, 0.4) is 0 Å². The van der Waals surface area contributed by atoms with E-state index in [-0.39, 0.29) is 42.7 Å². The highest BCUT2D eigenvalue weighted by molar-refractivity contribution is 5.85. The smallest absolute Gasteiger partial charge is 0.239 e. The molecule has 0 bridgehead atoms. The van der Waals surface area contributed by atoms with Crippen LogP contribution in [0.25, 0.3) is 0 Å². The van der Waals surface area contributed by atoms with Gasteiger partial charge in [-0.3, -0.25) is 9.59 Å². The van der Waals surface area contributed by atoms with Crippen LogP contribution in [-0.4, -0.2) is 75.0 Å². The van der Waals surface area contributed by atoms with Gasteiger partial charge in [0.2, 0.25) is 11.8 Å². The molecule has 8 nitrogen and oxygen atoms in total. The normalized spacial score (nSPS) is 25.6. The lowest BCUT2D eigenvalue weighted by molar-refractivity contribution is -0.144. The molecule has 28 heavy (non-hydrogen) atoms. The van der Waals surface area contributed by atoms with Crippen molar-refractivity contribution in [3.8, 4) is 0 Å². The van der Waals surface area contributed by atoms with Crippen molar-refractivity contribution >= 4 is 36.6 Å². The molecule has 0 radical (unpaired) electrons. The Morgan fingerprint density at radius 1 is 1.29 bits per heavy atom. The zero-order valence-corrected chi connectivity index (χ0v) is 17.7. The summed E-state index contributed by atoms with van der Waals surface area (Å²) < 4.78 is 0. The summed E-state index contributed by atoms with van der Waals surface area (Å²) >= 11 is 0. The number of nitrogens with one attached hydrogen (secondary N) is 2. The topological polar surface area (TPSA) is 102 Å². The van der Waals surface area contributed by atoms with Gasteiger partial charge in [-0.15, -0.1) is 24.8 Å². The van der Waals surface area contributed by atoms with E-state index in [2.05, 4.69) is 15.3 Å². The molecule has 4 rings (SSSR count). The van der Waals surface area contributed by atoms with E-state index in [0.29, 0.717) is 51.9 Å². The number of aliphatic hydroxyl groups excluding tert-OH is 1. The van der Waals surface area contributed by atoms with Gasteiger partial charge in [-0.2, -0.15) is 0 Å².